The Balaban J connectivity index is 1.79. The third kappa shape index (κ3) is 5.15. The van der Waals surface area contributed by atoms with Crippen LogP contribution in [-0.4, -0.2) is 50.7 Å². The average molecular weight is 503 g/mol. The minimum Gasteiger partial charge on any atom is -0.384 e. The van der Waals surface area contributed by atoms with Crippen LogP contribution in [0.4, 0.5) is 5.69 Å². The summed E-state index contributed by atoms with van der Waals surface area (Å²) in [6, 6.07) is 12.6. The second-order valence-corrected chi connectivity index (χ2v) is 8.85. The van der Waals surface area contributed by atoms with Gasteiger partial charge in [-0.3, -0.25) is 9.48 Å². The molecular weight excluding hydrogens is 476 g/mol. The summed E-state index contributed by atoms with van der Waals surface area (Å²) in [6.45, 7) is 6.14. The topological polar surface area (TPSA) is 126 Å². The van der Waals surface area contributed by atoms with Gasteiger partial charge in [-0.2, -0.15) is 10.4 Å². The number of anilines is 1. The Morgan fingerprint density at radius 3 is 2.75 bits per heavy atom. The molecule has 2 aromatic carbocycles. The molecule has 0 aliphatic rings. The van der Waals surface area contributed by atoms with E-state index in [4.69, 9.17) is 17.3 Å². The first-order chi connectivity index (χ1) is 17.3. The molecule has 2 heterocycles. The van der Waals surface area contributed by atoms with E-state index in [2.05, 4.69) is 26.5 Å². The normalized spacial score (nSPS) is 10.9. The second-order valence-electron chi connectivity index (χ2n) is 8.42. The third-order valence-corrected chi connectivity index (χ3v) is 6.15. The third-order valence-electron chi connectivity index (χ3n) is 5.91. The molecule has 9 nitrogen and oxygen atoms in total. The molecule has 0 saturated carbocycles. The molecule has 4 rings (SSSR count). The van der Waals surface area contributed by atoms with Crippen LogP contribution in [0.3, 0.4) is 0 Å². The first-order valence-corrected chi connectivity index (χ1v) is 12.0. The Morgan fingerprint density at radius 2 is 2.06 bits per heavy atom. The van der Waals surface area contributed by atoms with E-state index in [9.17, 15) is 10.1 Å². The number of nitrogens with zero attached hydrogens (tertiary/aromatic N) is 6. The number of nitrogens with one attached hydrogen (secondary N) is 1. The summed E-state index contributed by atoms with van der Waals surface area (Å²) in [7, 11) is 1.73. The summed E-state index contributed by atoms with van der Waals surface area (Å²) >= 11 is 6.26. The SMILES string of the molecule is CCn1ncc(CN(C)C(=O)c2nc(-c3cc(C#N)cc(NCCN)c3)nc3ccc(Cl)cc23)c1C. The van der Waals surface area contributed by atoms with Crippen molar-refractivity contribution in [1.82, 2.24) is 24.6 Å². The molecule has 0 bridgehead atoms. The molecule has 0 radical (unpaired) electrons. The highest BCUT2D eigenvalue weighted by molar-refractivity contribution is 6.31. The van der Waals surface area contributed by atoms with E-state index in [1.807, 2.05) is 24.6 Å². The van der Waals surface area contributed by atoms with E-state index >= 15 is 0 Å². The molecule has 0 atom stereocenters. The molecule has 0 aliphatic heterocycles. The highest BCUT2D eigenvalue weighted by atomic mass is 35.5. The standard InChI is InChI=1S/C26H27ClN8O/c1-4-35-16(2)19(14-31-35)15-34(3)26(36)24-22-12-20(27)5-6-23(22)32-25(33-24)18-9-17(13-29)10-21(11-18)30-8-7-28/h5-6,9-12,14,30H,4,7-8,15,28H2,1-3H3. The lowest BCUT2D eigenvalue weighted by Crippen LogP contribution is -2.27. The van der Waals surface area contributed by atoms with Crippen LogP contribution in [0.25, 0.3) is 22.3 Å². The number of carbonyl (C=O) groups excluding carboxylic acids is 1. The summed E-state index contributed by atoms with van der Waals surface area (Å²) in [5, 5.41) is 18.1. The molecule has 36 heavy (non-hydrogen) atoms. The zero-order valence-electron chi connectivity index (χ0n) is 20.4. The van der Waals surface area contributed by atoms with Crippen LogP contribution < -0.4 is 11.1 Å². The number of hydrogen-bond donors (Lipinski definition) is 2. The molecule has 0 aliphatic carbocycles. The van der Waals surface area contributed by atoms with Crippen molar-refractivity contribution < 1.29 is 4.79 Å². The van der Waals surface area contributed by atoms with Gasteiger partial charge in [0.15, 0.2) is 5.82 Å². The quantitative estimate of drug-likeness (QED) is 0.373. The van der Waals surface area contributed by atoms with Crippen molar-refractivity contribution in [1.29, 1.82) is 5.26 Å². The Kier molecular flexibility index (Phi) is 7.48. The van der Waals surface area contributed by atoms with Gasteiger partial charge in [0, 0.05) is 66.1 Å². The maximum Gasteiger partial charge on any atom is 0.273 e. The lowest BCUT2D eigenvalue weighted by Gasteiger charge is -2.18. The van der Waals surface area contributed by atoms with Gasteiger partial charge in [0.05, 0.1) is 23.3 Å². The lowest BCUT2D eigenvalue weighted by atomic mass is 10.1. The van der Waals surface area contributed by atoms with E-state index in [1.54, 1.807) is 48.5 Å². The average Bonchev–Trinajstić information content (AvgIpc) is 3.24. The van der Waals surface area contributed by atoms with Crippen molar-refractivity contribution in [3.05, 3.63) is 70.1 Å². The highest BCUT2D eigenvalue weighted by Gasteiger charge is 2.21. The van der Waals surface area contributed by atoms with Crippen LogP contribution in [-0.2, 0) is 13.1 Å². The Morgan fingerprint density at radius 1 is 1.25 bits per heavy atom. The van der Waals surface area contributed by atoms with Gasteiger partial charge in [-0.25, -0.2) is 9.97 Å². The van der Waals surface area contributed by atoms with Crippen LogP contribution in [0.15, 0.2) is 42.6 Å². The maximum atomic E-state index is 13.7. The lowest BCUT2D eigenvalue weighted by molar-refractivity contribution is 0.0781. The Bertz CT molecular complexity index is 1470. The van der Waals surface area contributed by atoms with E-state index in [1.165, 1.54) is 0 Å². The fraction of sp³-hybridized carbons (Fsp3) is 0.269. The fourth-order valence-corrected chi connectivity index (χ4v) is 4.17. The molecule has 0 fully saturated rings. The van der Waals surface area contributed by atoms with E-state index in [0.717, 1.165) is 23.5 Å². The van der Waals surface area contributed by atoms with Crippen LogP contribution in [0.5, 0.6) is 0 Å². The summed E-state index contributed by atoms with van der Waals surface area (Å²) in [4.78, 5) is 24.6. The predicted molar refractivity (Wildman–Crippen MR) is 141 cm³/mol. The Hall–Kier alpha value is -4.00. The van der Waals surface area contributed by atoms with Gasteiger partial charge in [-0.1, -0.05) is 11.6 Å². The predicted octanol–water partition coefficient (Wildman–Crippen LogP) is 3.99. The van der Waals surface area contributed by atoms with Gasteiger partial charge in [0.2, 0.25) is 0 Å². The maximum absolute atomic E-state index is 13.7. The summed E-state index contributed by atoms with van der Waals surface area (Å²) in [5.74, 6) is 0.0666. The number of hydrogen-bond acceptors (Lipinski definition) is 7. The zero-order chi connectivity index (χ0) is 25.8. The number of nitriles is 1. The van der Waals surface area contributed by atoms with Gasteiger partial charge in [0.25, 0.3) is 5.91 Å². The fourth-order valence-electron chi connectivity index (χ4n) is 4.00. The zero-order valence-corrected chi connectivity index (χ0v) is 21.2. The highest BCUT2D eigenvalue weighted by Crippen LogP contribution is 2.28. The number of rotatable bonds is 8. The van der Waals surface area contributed by atoms with Crippen LogP contribution in [0.1, 0.15) is 34.2 Å². The first kappa shape index (κ1) is 25.1. The molecule has 4 aromatic rings. The van der Waals surface area contributed by atoms with Gasteiger partial charge in [0.1, 0.15) is 5.69 Å². The second kappa shape index (κ2) is 10.7. The first-order valence-electron chi connectivity index (χ1n) is 11.6. The van der Waals surface area contributed by atoms with Crippen molar-refractivity contribution in [2.45, 2.75) is 26.9 Å². The number of carbonyl (C=O) groups is 1. The smallest absolute Gasteiger partial charge is 0.273 e. The van der Waals surface area contributed by atoms with Crippen LogP contribution >= 0.6 is 11.6 Å². The number of aryl methyl sites for hydroxylation is 1. The van der Waals surface area contributed by atoms with Crippen molar-refractivity contribution >= 4 is 34.1 Å². The Labute approximate surface area is 214 Å². The number of benzene rings is 2. The molecule has 10 heteroatoms. The molecule has 184 valence electrons. The van der Waals surface area contributed by atoms with Crippen LogP contribution in [0, 0.1) is 18.3 Å². The monoisotopic (exact) mass is 502 g/mol. The number of nitrogens with two attached hydrogens (primary N) is 1. The minimum absolute atomic E-state index is 0.236. The number of halogens is 1. The molecule has 2 aromatic heterocycles. The number of fused-ring (bicyclic) bond motifs is 1. The van der Waals surface area contributed by atoms with Gasteiger partial charge in [-0.05, 0) is 50.2 Å². The molecule has 0 saturated heterocycles. The summed E-state index contributed by atoms with van der Waals surface area (Å²) in [6.07, 6.45) is 1.78. The number of amides is 1. The number of aromatic nitrogens is 4. The van der Waals surface area contributed by atoms with E-state index in [0.29, 0.717) is 52.5 Å². The summed E-state index contributed by atoms with van der Waals surface area (Å²) in [5.41, 5.74) is 10.2. The molecule has 0 unspecified atom stereocenters. The van der Waals surface area contributed by atoms with Crippen molar-refractivity contribution in [3.8, 4) is 17.5 Å². The van der Waals surface area contributed by atoms with Gasteiger partial charge >= 0.3 is 0 Å². The van der Waals surface area contributed by atoms with Gasteiger partial charge < -0.3 is 16.0 Å². The van der Waals surface area contributed by atoms with Crippen molar-refractivity contribution in [2.75, 3.05) is 25.5 Å². The molecular formula is C26H27ClN8O. The summed E-state index contributed by atoms with van der Waals surface area (Å²) < 4.78 is 1.89. The van der Waals surface area contributed by atoms with Crippen molar-refractivity contribution in [2.24, 2.45) is 5.73 Å². The van der Waals surface area contributed by atoms with E-state index < -0.39 is 0 Å². The molecule has 1 amide bonds. The van der Waals surface area contributed by atoms with Crippen molar-refractivity contribution in [3.63, 3.8) is 0 Å². The molecule has 0 spiro atoms. The minimum atomic E-state index is -0.271. The van der Waals surface area contributed by atoms with E-state index in [-0.39, 0.29) is 11.6 Å². The van der Waals surface area contributed by atoms with Gasteiger partial charge in [-0.15, -0.1) is 0 Å². The van der Waals surface area contributed by atoms with Crippen LogP contribution in [0.2, 0.25) is 5.02 Å². The largest absolute Gasteiger partial charge is 0.384 e. The molecule has 3 N–H and O–H groups in total.